The van der Waals surface area contributed by atoms with Gasteiger partial charge in [-0.2, -0.15) is 0 Å². The number of para-hydroxylation sites is 1. The molecular formula is C32H32N2O4. The Morgan fingerprint density at radius 2 is 1.34 bits per heavy atom. The lowest BCUT2D eigenvalue weighted by atomic mass is 9.88. The van der Waals surface area contributed by atoms with E-state index in [9.17, 15) is 9.59 Å². The van der Waals surface area contributed by atoms with Crippen LogP contribution in [0.4, 0.5) is 5.69 Å². The summed E-state index contributed by atoms with van der Waals surface area (Å²) in [5.41, 5.74) is 4.05. The summed E-state index contributed by atoms with van der Waals surface area (Å²) in [5.74, 6) is 0.803. The van der Waals surface area contributed by atoms with Gasteiger partial charge in [0.25, 0.3) is 5.91 Å². The molecule has 0 aliphatic rings. The highest BCUT2D eigenvalue weighted by Gasteiger charge is 2.20. The predicted octanol–water partition coefficient (Wildman–Crippen LogP) is 5.84. The Kier molecular flexibility index (Phi) is 9.13. The molecule has 0 bridgehead atoms. The van der Waals surface area contributed by atoms with Crippen LogP contribution >= 0.6 is 0 Å². The van der Waals surface area contributed by atoms with Gasteiger partial charge in [-0.25, -0.2) is 0 Å². The summed E-state index contributed by atoms with van der Waals surface area (Å²) in [6, 6.07) is 32.7. The first-order chi connectivity index (χ1) is 18.6. The van der Waals surface area contributed by atoms with Crippen LogP contribution in [0.1, 0.15) is 39.4 Å². The maximum Gasteiger partial charge on any atom is 0.253 e. The van der Waals surface area contributed by atoms with Crippen molar-refractivity contribution >= 4 is 17.5 Å². The van der Waals surface area contributed by atoms with Gasteiger partial charge in [0, 0.05) is 18.9 Å². The van der Waals surface area contributed by atoms with Crippen LogP contribution < -0.4 is 20.1 Å². The van der Waals surface area contributed by atoms with Crippen molar-refractivity contribution in [2.45, 2.75) is 18.8 Å². The van der Waals surface area contributed by atoms with Crippen LogP contribution in [0.3, 0.4) is 0 Å². The molecule has 4 rings (SSSR count). The molecule has 38 heavy (non-hydrogen) atoms. The van der Waals surface area contributed by atoms with E-state index < -0.39 is 0 Å². The quantitative estimate of drug-likeness (QED) is 0.267. The van der Waals surface area contributed by atoms with Crippen LogP contribution in [-0.4, -0.2) is 32.6 Å². The maximum absolute atomic E-state index is 13.2. The maximum atomic E-state index is 13.2. The first-order valence-corrected chi connectivity index (χ1v) is 12.6. The third-order valence-electron chi connectivity index (χ3n) is 6.39. The van der Waals surface area contributed by atoms with Crippen LogP contribution in [0.5, 0.6) is 11.5 Å². The van der Waals surface area contributed by atoms with Crippen molar-refractivity contribution in [2.24, 2.45) is 0 Å². The predicted molar refractivity (Wildman–Crippen MR) is 150 cm³/mol. The van der Waals surface area contributed by atoms with Crippen molar-refractivity contribution in [3.05, 3.63) is 125 Å². The number of carbonyl (C=O) groups excluding carboxylic acids is 2. The summed E-state index contributed by atoms with van der Waals surface area (Å²) in [6.07, 6.45) is 0.875. The van der Waals surface area contributed by atoms with Crippen molar-refractivity contribution in [2.75, 3.05) is 26.1 Å². The summed E-state index contributed by atoms with van der Waals surface area (Å²) in [5, 5.41) is 5.92. The number of nitrogens with one attached hydrogen (secondary N) is 2. The van der Waals surface area contributed by atoms with Gasteiger partial charge < -0.3 is 20.1 Å². The second-order valence-corrected chi connectivity index (χ2v) is 8.87. The molecule has 0 aliphatic heterocycles. The number of benzene rings is 4. The van der Waals surface area contributed by atoms with Gasteiger partial charge in [-0.3, -0.25) is 9.59 Å². The number of hydrogen-bond donors (Lipinski definition) is 2. The molecule has 0 atom stereocenters. The van der Waals surface area contributed by atoms with Crippen molar-refractivity contribution in [3.8, 4) is 11.5 Å². The number of methoxy groups -OCH3 is 2. The largest absolute Gasteiger partial charge is 0.493 e. The van der Waals surface area contributed by atoms with Gasteiger partial charge in [-0.05, 0) is 47.4 Å². The fourth-order valence-corrected chi connectivity index (χ4v) is 4.43. The Morgan fingerprint density at radius 3 is 1.97 bits per heavy atom. The second kappa shape index (κ2) is 13.1. The average molecular weight is 509 g/mol. The molecule has 0 spiro atoms. The molecule has 2 N–H and O–H groups in total. The lowest BCUT2D eigenvalue weighted by Crippen LogP contribution is -2.27. The Hall–Kier alpha value is -4.58. The number of ether oxygens (including phenoxy) is 2. The van der Waals surface area contributed by atoms with Gasteiger partial charge in [0.05, 0.1) is 25.5 Å². The fraction of sp³-hybridized carbons (Fsp3) is 0.188. The third-order valence-corrected chi connectivity index (χ3v) is 6.39. The number of amides is 2. The monoisotopic (exact) mass is 508 g/mol. The first-order valence-electron chi connectivity index (χ1n) is 12.6. The van der Waals surface area contributed by atoms with Crippen LogP contribution in [0, 0.1) is 0 Å². The van der Waals surface area contributed by atoms with E-state index in [1.165, 1.54) is 0 Å². The van der Waals surface area contributed by atoms with Crippen LogP contribution in [0.15, 0.2) is 103 Å². The molecule has 0 saturated carbocycles. The standard InChI is InChI=1S/C32H32N2O4/c1-37-29-18-17-23(21-30(29)38-2)19-20-33-32(36)26-15-9-10-16-28(26)34-31(35)22-27(24-11-5-3-6-12-24)25-13-7-4-8-14-25/h3-18,21,27H,19-20,22H2,1-2H3,(H,33,36)(H,34,35). The highest BCUT2D eigenvalue weighted by molar-refractivity contribution is 6.03. The highest BCUT2D eigenvalue weighted by Crippen LogP contribution is 2.29. The number of anilines is 1. The molecule has 0 saturated heterocycles. The van der Waals surface area contributed by atoms with Crippen molar-refractivity contribution in [1.29, 1.82) is 0 Å². The Labute approximate surface area is 223 Å². The topological polar surface area (TPSA) is 76.7 Å². The molecular weight excluding hydrogens is 476 g/mol. The smallest absolute Gasteiger partial charge is 0.253 e. The summed E-state index contributed by atoms with van der Waals surface area (Å²) in [7, 11) is 3.19. The number of rotatable bonds is 11. The molecule has 194 valence electrons. The van der Waals surface area contributed by atoms with E-state index in [1.54, 1.807) is 32.4 Å². The number of carbonyl (C=O) groups is 2. The second-order valence-electron chi connectivity index (χ2n) is 8.87. The minimum absolute atomic E-state index is 0.0973. The molecule has 6 heteroatoms. The number of hydrogen-bond acceptors (Lipinski definition) is 4. The van der Waals surface area contributed by atoms with Crippen LogP contribution in [0.25, 0.3) is 0 Å². The van der Waals surface area contributed by atoms with E-state index in [0.29, 0.717) is 35.7 Å². The lowest BCUT2D eigenvalue weighted by molar-refractivity contribution is -0.116. The van der Waals surface area contributed by atoms with Crippen LogP contribution in [-0.2, 0) is 11.2 Å². The molecule has 4 aromatic rings. The lowest BCUT2D eigenvalue weighted by Gasteiger charge is -2.18. The van der Waals surface area contributed by atoms with E-state index >= 15 is 0 Å². The molecule has 4 aromatic carbocycles. The van der Waals surface area contributed by atoms with E-state index in [4.69, 9.17) is 9.47 Å². The van der Waals surface area contributed by atoms with E-state index in [0.717, 1.165) is 16.7 Å². The zero-order chi connectivity index (χ0) is 26.7. The molecule has 0 radical (unpaired) electrons. The minimum atomic E-state index is -0.246. The first kappa shape index (κ1) is 26.5. The Morgan fingerprint density at radius 1 is 0.737 bits per heavy atom. The third kappa shape index (κ3) is 6.79. The summed E-state index contributed by atoms with van der Waals surface area (Å²) in [6.45, 7) is 0.431. The zero-order valence-electron chi connectivity index (χ0n) is 21.6. The fourth-order valence-electron chi connectivity index (χ4n) is 4.43. The van der Waals surface area contributed by atoms with Crippen molar-refractivity contribution < 1.29 is 19.1 Å². The van der Waals surface area contributed by atoms with Gasteiger partial charge >= 0.3 is 0 Å². The summed E-state index contributed by atoms with van der Waals surface area (Å²) >= 11 is 0. The molecule has 0 fully saturated rings. The van der Waals surface area contributed by atoms with E-state index in [2.05, 4.69) is 10.6 Å². The zero-order valence-corrected chi connectivity index (χ0v) is 21.6. The molecule has 6 nitrogen and oxygen atoms in total. The van der Waals surface area contributed by atoms with Gasteiger partial charge in [0.2, 0.25) is 5.91 Å². The highest BCUT2D eigenvalue weighted by atomic mass is 16.5. The van der Waals surface area contributed by atoms with Gasteiger partial charge in [-0.1, -0.05) is 78.9 Å². The summed E-state index contributed by atoms with van der Waals surface area (Å²) < 4.78 is 10.6. The normalized spacial score (nSPS) is 10.6. The van der Waals surface area contributed by atoms with Gasteiger partial charge in [0.15, 0.2) is 11.5 Å². The Bertz CT molecular complexity index is 1320. The average Bonchev–Trinajstić information content (AvgIpc) is 2.97. The summed E-state index contributed by atoms with van der Waals surface area (Å²) in [4.78, 5) is 26.2. The van der Waals surface area contributed by atoms with Gasteiger partial charge in [0.1, 0.15) is 0 Å². The van der Waals surface area contributed by atoms with Crippen LogP contribution in [0.2, 0.25) is 0 Å². The molecule has 0 heterocycles. The van der Waals surface area contributed by atoms with Crippen molar-refractivity contribution in [1.82, 2.24) is 5.32 Å². The molecule has 2 amide bonds. The van der Waals surface area contributed by atoms with E-state index in [1.807, 2.05) is 84.9 Å². The van der Waals surface area contributed by atoms with Crippen molar-refractivity contribution in [3.63, 3.8) is 0 Å². The van der Waals surface area contributed by atoms with E-state index in [-0.39, 0.29) is 24.2 Å². The van der Waals surface area contributed by atoms with Gasteiger partial charge in [-0.15, -0.1) is 0 Å². The molecule has 0 aliphatic carbocycles. The minimum Gasteiger partial charge on any atom is -0.493 e. The molecule has 0 unspecified atom stereocenters. The molecule has 0 aromatic heterocycles. The SMILES string of the molecule is COc1ccc(CCNC(=O)c2ccccc2NC(=O)CC(c2ccccc2)c2ccccc2)cc1OC. The Balaban J connectivity index is 1.41.